The van der Waals surface area contributed by atoms with Gasteiger partial charge in [-0.2, -0.15) is 0 Å². The molecule has 1 aromatic rings. The Bertz CT molecular complexity index is 314. The van der Waals surface area contributed by atoms with Crippen LogP contribution in [0.4, 0.5) is 5.13 Å². The minimum absolute atomic E-state index is 0.243. The Labute approximate surface area is 99.7 Å². The first-order valence-electron chi connectivity index (χ1n) is 5.48. The minimum Gasteiger partial charge on any atom is -0.481 e. The maximum absolute atomic E-state index is 10.6. The van der Waals surface area contributed by atoms with E-state index in [-0.39, 0.29) is 5.92 Å². The molecule has 1 aromatic heterocycles. The van der Waals surface area contributed by atoms with E-state index in [2.05, 4.69) is 17.2 Å². The predicted molar refractivity (Wildman–Crippen MR) is 65.8 cm³/mol. The molecule has 0 aromatic carbocycles. The van der Waals surface area contributed by atoms with E-state index in [9.17, 15) is 4.79 Å². The van der Waals surface area contributed by atoms with E-state index in [4.69, 9.17) is 5.11 Å². The summed E-state index contributed by atoms with van der Waals surface area (Å²) in [4.78, 5) is 14.7. The molecule has 0 saturated heterocycles. The monoisotopic (exact) mass is 242 g/mol. The first kappa shape index (κ1) is 13.0. The average Bonchev–Trinajstić information content (AvgIpc) is 2.70. The molecule has 0 fully saturated rings. The van der Waals surface area contributed by atoms with Gasteiger partial charge in [0.2, 0.25) is 0 Å². The standard InChI is InChI=1S/C11H18N2O2S/c1-8(10(14)15)4-3-5-9(2)13-11-12-6-7-16-11/h6-9H,3-5H2,1-2H3,(H,12,13)(H,14,15). The molecule has 0 spiro atoms. The number of carboxylic acids is 1. The van der Waals surface area contributed by atoms with Gasteiger partial charge in [-0.05, 0) is 19.8 Å². The highest BCUT2D eigenvalue weighted by Crippen LogP contribution is 2.15. The summed E-state index contributed by atoms with van der Waals surface area (Å²) in [5.74, 6) is -0.951. The lowest BCUT2D eigenvalue weighted by Crippen LogP contribution is -2.16. The maximum atomic E-state index is 10.6. The molecular weight excluding hydrogens is 224 g/mol. The van der Waals surface area contributed by atoms with Crippen LogP contribution in [0.3, 0.4) is 0 Å². The first-order chi connectivity index (χ1) is 7.59. The van der Waals surface area contributed by atoms with Gasteiger partial charge in [-0.1, -0.05) is 13.3 Å². The molecule has 2 unspecified atom stereocenters. The van der Waals surface area contributed by atoms with Crippen molar-refractivity contribution in [2.24, 2.45) is 5.92 Å². The van der Waals surface area contributed by atoms with E-state index in [1.165, 1.54) is 0 Å². The number of hydrogen-bond donors (Lipinski definition) is 2. The predicted octanol–water partition coefficient (Wildman–Crippen LogP) is 2.83. The molecule has 5 heteroatoms. The number of thiazole rings is 1. The van der Waals surface area contributed by atoms with Gasteiger partial charge in [0.25, 0.3) is 0 Å². The summed E-state index contributed by atoms with van der Waals surface area (Å²) in [5.41, 5.74) is 0. The lowest BCUT2D eigenvalue weighted by Gasteiger charge is -2.13. The van der Waals surface area contributed by atoms with E-state index in [1.54, 1.807) is 24.5 Å². The first-order valence-corrected chi connectivity index (χ1v) is 6.36. The van der Waals surface area contributed by atoms with Crippen LogP contribution in [0.1, 0.15) is 33.1 Å². The zero-order valence-electron chi connectivity index (χ0n) is 9.64. The van der Waals surface area contributed by atoms with Gasteiger partial charge < -0.3 is 10.4 Å². The smallest absolute Gasteiger partial charge is 0.306 e. The molecule has 0 aliphatic rings. The molecule has 0 radical (unpaired) electrons. The number of carboxylic acid groups (broad SMARTS) is 1. The Morgan fingerprint density at radius 1 is 1.56 bits per heavy atom. The van der Waals surface area contributed by atoms with Gasteiger partial charge in [0.1, 0.15) is 0 Å². The molecule has 4 nitrogen and oxygen atoms in total. The highest BCUT2D eigenvalue weighted by atomic mass is 32.1. The Morgan fingerprint density at radius 2 is 2.31 bits per heavy atom. The van der Waals surface area contributed by atoms with E-state index < -0.39 is 5.97 Å². The lowest BCUT2D eigenvalue weighted by atomic mass is 10.0. The number of anilines is 1. The lowest BCUT2D eigenvalue weighted by molar-refractivity contribution is -0.141. The van der Waals surface area contributed by atoms with Gasteiger partial charge in [-0.3, -0.25) is 4.79 Å². The van der Waals surface area contributed by atoms with Crippen LogP contribution in [0.2, 0.25) is 0 Å². The number of rotatable bonds is 7. The summed E-state index contributed by atoms with van der Waals surface area (Å²) < 4.78 is 0. The number of nitrogens with zero attached hydrogens (tertiary/aromatic N) is 1. The number of hydrogen-bond acceptors (Lipinski definition) is 4. The SMILES string of the molecule is CC(CCCC(C)C(=O)O)Nc1nccs1. The van der Waals surface area contributed by atoms with Crippen molar-refractivity contribution in [3.63, 3.8) is 0 Å². The number of nitrogens with one attached hydrogen (secondary N) is 1. The summed E-state index contributed by atoms with van der Waals surface area (Å²) in [6.07, 6.45) is 4.40. The van der Waals surface area contributed by atoms with Crippen LogP contribution in [0.15, 0.2) is 11.6 Å². The van der Waals surface area contributed by atoms with Crippen LogP contribution in [0, 0.1) is 5.92 Å². The second kappa shape index (κ2) is 6.48. The van der Waals surface area contributed by atoms with Crippen molar-refractivity contribution >= 4 is 22.4 Å². The third-order valence-corrected chi connectivity index (χ3v) is 3.20. The molecule has 0 aliphatic carbocycles. The van der Waals surface area contributed by atoms with E-state index >= 15 is 0 Å². The number of aromatic nitrogens is 1. The van der Waals surface area contributed by atoms with Crippen molar-refractivity contribution in [3.8, 4) is 0 Å². The molecule has 1 heterocycles. The fourth-order valence-corrected chi connectivity index (χ4v) is 2.07. The second-order valence-corrected chi connectivity index (χ2v) is 4.95. The molecule has 0 amide bonds. The minimum atomic E-state index is -0.708. The van der Waals surface area contributed by atoms with E-state index in [1.807, 2.05) is 5.38 Å². The molecular formula is C11H18N2O2S. The van der Waals surface area contributed by atoms with Crippen LogP contribution in [0.5, 0.6) is 0 Å². The van der Waals surface area contributed by atoms with Crippen molar-refractivity contribution in [2.45, 2.75) is 39.2 Å². The van der Waals surface area contributed by atoms with Crippen LogP contribution in [-0.2, 0) is 4.79 Å². The average molecular weight is 242 g/mol. The zero-order valence-corrected chi connectivity index (χ0v) is 10.5. The summed E-state index contributed by atoms with van der Waals surface area (Å²) in [6.45, 7) is 3.84. The Balaban J connectivity index is 2.15. The fraction of sp³-hybridized carbons (Fsp3) is 0.636. The van der Waals surface area contributed by atoms with Gasteiger partial charge in [-0.15, -0.1) is 11.3 Å². The third kappa shape index (κ3) is 4.61. The van der Waals surface area contributed by atoms with Crippen molar-refractivity contribution in [1.82, 2.24) is 4.98 Å². The molecule has 1 rings (SSSR count). The van der Waals surface area contributed by atoms with Crippen LogP contribution in [-0.4, -0.2) is 22.1 Å². The number of carbonyl (C=O) groups is 1. The maximum Gasteiger partial charge on any atom is 0.306 e. The molecule has 2 N–H and O–H groups in total. The normalized spacial score (nSPS) is 14.4. The molecule has 90 valence electrons. The van der Waals surface area contributed by atoms with Gasteiger partial charge in [0, 0.05) is 17.6 Å². The Morgan fingerprint density at radius 3 is 2.88 bits per heavy atom. The highest BCUT2D eigenvalue weighted by molar-refractivity contribution is 7.13. The van der Waals surface area contributed by atoms with Gasteiger partial charge in [-0.25, -0.2) is 4.98 Å². The molecule has 0 saturated carbocycles. The highest BCUT2D eigenvalue weighted by Gasteiger charge is 2.11. The summed E-state index contributed by atoms with van der Waals surface area (Å²) in [6, 6.07) is 0.340. The van der Waals surface area contributed by atoms with Crippen LogP contribution >= 0.6 is 11.3 Å². The fourth-order valence-electron chi connectivity index (χ4n) is 1.43. The van der Waals surface area contributed by atoms with Gasteiger partial charge in [0.05, 0.1) is 5.92 Å². The van der Waals surface area contributed by atoms with Crippen molar-refractivity contribution in [1.29, 1.82) is 0 Å². The zero-order chi connectivity index (χ0) is 12.0. The Kier molecular flexibility index (Phi) is 5.25. The van der Waals surface area contributed by atoms with Crippen molar-refractivity contribution in [2.75, 3.05) is 5.32 Å². The van der Waals surface area contributed by atoms with Crippen molar-refractivity contribution < 1.29 is 9.90 Å². The summed E-state index contributed by atoms with van der Waals surface area (Å²) in [5, 5.41) is 14.9. The number of aliphatic carboxylic acids is 1. The topological polar surface area (TPSA) is 62.2 Å². The van der Waals surface area contributed by atoms with Crippen molar-refractivity contribution in [3.05, 3.63) is 11.6 Å². The Hall–Kier alpha value is -1.10. The van der Waals surface area contributed by atoms with Crippen LogP contribution in [0.25, 0.3) is 0 Å². The third-order valence-electron chi connectivity index (χ3n) is 2.50. The van der Waals surface area contributed by atoms with Crippen LogP contribution < -0.4 is 5.32 Å². The largest absolute Gasteiger partial charge is 0.481 e. The molecule has 0 bridgehead atoms. The molecule has 16 heavy (non-hydrogen) atoms. The second-order valence-electron chi connectivity index (χ2n) is 4.05. The summed E-state index contributed by atoms with van der Waals surface area (Å²) >= 11 is 1.58. The van der Waals surface area contributed by atoms with Gasteiger partial charge >= 0.3 is 5.97 Å². The van der Waals surface area contributed by atoms with E-state index in [0.717, 1.165) is 24.4 Å². The molecule has 2 atom stereocenters. The quantitative estimate of drug-likeness (QED) is 0.771. The van der Waals surface area contributed by atoms with Gasteiger partial charge in [0.15, 0.2) is 5.13 Å². The summed E-state index contributed by atoms with van der Waals surface area (Å²) in [7, 11) is 0. The molecule has 0 aliphatic heterocycles. The van der Waals surface area contributed by atoms with E-state index in [0.29, 0.717) is 6.04 Å².